The first-order valence-electron chi connectivity index (χ1n) is 8.36. The summed E-state index contributed by atoms with van der Waals surface area (Å²) in [7, 11) is -3.89. The first kappa shape index (κ1) is 21.3. The predicted molar refractivity (Wildman–Crippen MR) is 109 cm³/mol. The van der Waals surface area contributed by atoms with Gasteiger partial charge < -0.3 is 4.74 Å². The topological polar surface area (TPSA) is 63.7 Å². The zero-order valence-electron chi connectivity index (χ0n) is 15.0. The van der Waals surface area contributed by atoms with E-state index in [0.717, 1.165) is 15.4 Å². The van der Waals surface area contributed by atoms with E-state index < -0.39 is 22.0 Å². The summed E-state index contributed by atoms with van der Waals surface area (Å²) in [5.74, 6) is -0.617. The van der Waals surface area contributed by atoms with Gasteiger partial charge in [0.1, 0.15) is 12.6 Å². The van der Waals surface area contributed by atoms with Crippen LogP contribution in [0.1, 0.15) is 11.1 Å². The molecule has 1 atom stereocenters. The molecule has 0 spiro atoms. The zero-order valence-corrected chi connectivity index (χ0v) is 17.4. The number of carbonyl (C=O) groups is 1. The Balaban J connectivity index is 2.24. The average molecular weight is 452 g/mol. The fourth-order valence-corrected chi connectivity index (χ4v) is 4.80. The van der Waals surface area contributed by atoms with Gasteiger partial charge >= 0.3 is 5.97 Å². The van der Waals surface area contributed by atoms with Crippen LogP contribution in [-0.2, 0) is 26.2 Å². The van der Waals surface area contributed by atoms with Crippen LogP contribution < -0.4 is 0 Å². The van der Waals surface area contributed by atoms with Crippen LogP contribution in [0.15, 0.2) is 72.1 Å². The minimum atomic E-state index is -3.89. The Bertz CT molecular complexity index is 867. The third-order valence-corrected chi connectivity index (χ3v) is 6.43. The van der Waals surface area contributed by atoms with E-state index in [-0.39, 0.29) is 23.4 Å². The average Bonchev–Trinajstić information content (AvgIpc) is 2.67. The number of rotatable bonds is 9. The lowest BCUT2D eigenvalue weighted by Crippen LogP contribution is -2.46. The number of ether oxygens (including phenoxy) is 1. The Kier molecular flexibility index (Phi) is 7.77. The van der Waals surface area contributed by atoms with E-state index in [0.29, 0.717) is 0 Å². The molecule has 144 valence electrons. The van der Waals surface area contributed by atoms with Crippen molar-refractivity contribution >= 4 is 31.9 Å². The van der Waals surface area contributed by atoms with Crippen molar-refractivity contribution in [3.8, 4) is 0 Å². The van der Waals surface area contributed by atoms with Gasteiger partial charge in [-0.1, -0.05) is 70.0 Å². The molecule has 7 heteroatoms. The number of aryl methyl sites for hydroxylation is 1. The van der Waals surface area contributed by atoms with Crippen molar-refractivity contribution in [2.24, 2.45) is 0 Å². The van der Waals surface area contributed by atoms with Crippen molar-refractivity contribution in [1.29, 1.82) is 0 Å². The van der Waals surface area contributed by atoms with E-state index in [1.807, 2.05) is 37.3 Å². The molecule has 0 saturated heterocycles. The summed E-state index contributed by atoms with van der Waals surface area (Å²) in [4.78, 5) is 12.7. The fourth-order valence-electron chi connectivity index (χ4n) is 2.45. The molecule has 2 aromatic rings. The second-order valence-electron chi connectivity index (χ2n) is 5.94. The molecule has 0 heterocycles. The zero-order chi connectivity index (χ0) is 19.9. The Hall–Kier alpha value is -1.96. The van der Waals surface area contributed by atoms with Crippen molar-refractivity contribution in [3.05, 3.63) is 78.4 Å². The van der Waals surface area contributed by atoms with Gasteiger partial charge in [-0.05, 0) is 24.6 Å². The van der Waals surface area contributed by atoms with Gasteiger partial charge in [0, 0.05) is 11.9 Å². The highest BCUT2D eigenvalue weighted by Crippen LogP contribution is 2.21. The Labute approximate surface area is 168 Å². The maximum absolute atomic E-state index is 13.1. The third-order valence-electron chi connectivity index (χ3n) is 3.93. The molecular formula is C20H22BrNO4S. The molecule has 5 nitrogen and oxygen atoms in total. The lowest BCUT2D eigenvalue weighted by atomic mass is 10.2. The van der Waals surface area contributed by atoms with Gasteiger partial charge in [0.25, 0.3) is 0 Å². The molecular weight excluding hydrogens is 430 g/mol. The molecule has 0 unspecified atom stereocenters. The van der Waals surface area contributed by atoms with Gasteiger partial charge in [-0.2, -0.15) is 4.31 Å². The molecule has 0 radical (unpaired) electrons. The van der Waals surface area contributed by atoms with E-state index in [1.165, 1.54) is 18.2 Å². The molecule has 0 saturated carbocycles. The Morgan fingerprint density at radius 3 is 2.37 bits per heavy atom. The largest absolute Gasteiger partial charge is 0.460 e. The molecule has 27 heavy (non-hydrogen) atoms. The highest BCUT2D eigenvalue weighted by atomic mass is 79.9. The third kappa shape index (κ3) is 5.51. The second kappa shape index (κ2) is 9.82. The van der Waals surface area contributed by atoms with Crippen LogP contribution in [0.5, 0.6) is 0 Å². The number of benzene rings is 2. The molecule has 0 aliphatic heterocycles. The minimum Gasteiger partial charge on any atom is -0.460 e. The van der Waals surface area contributed by atoms with E-state index in [1.54, 1.807) is 12.1 Å². The number of sulfonamides is 1. The van der Waals surface area contributed by atoms with Crippen LogP contribution in [0, 0.1) is 6.92 Å². The molecule has 0 fully saturated rings. The van der Waals surface area contributed by atoms with Gasteiger partial charge in [0.15, 0.2) is 0 Å². The second-order valence-corrected chi connectivity index (χ2v) is 8.48. The standard InChI is InChI=1S/C20H22BrNO4S/c1-3-13-22(27(24,25)18-11-9-16(2)10-12-18)19(14-21)20(23)26-15-17-7-5-4-6-8-17/h3-12,19H,1,13-15H2,2H3/t19-/m0/s1. The first-order valence-corrected chi connectivity index (χ1v) is 10.9. The predicted octanol–water partition coefficient (Wildman–Crippen LogP) is 3.68. The summed E-state index contributed by atoms with van der Waals surface area (Å²) in [6.07, 6.45) is 1.45. The Morgan fingerprint density at radius 2 is 1.81 bits per heavy atom. The highest BCUT2D eigenvalue weighted by Gasteiger charge is 2.35. The number of alkyl halides is 1. The molecule has 0 N–H and O–H groups in total. The highest BCUT2D eigenvalue weighted by molar-refractivity contribution is 9.09. The molecule has 0 aliphatic carbocycles. The van der Waals surface area contributed by atoms with Crippen molar-refractivity contribution in [2.75, 3.05) is 11.9 Å². The summed E-state index contributed by atoms with van der Waals surface area (Å²) in [6, 6.07) is 14.7. The van der Waals surface area contributed by atoms with E-state index in [9.17, 15) is 13.2 Å². The number of nitrogens with zero attached hydrogens (tertiary/aromatic N) is 1. The number of hydrogen-bond donors (Lipinski definition) is 0. The van der Waals surface area contributed by atoms with Gasteiger partial charge in [-0.25, -0.2) is 8.42 Å². The molecule has 0 aromatic heterocycles. The van der Waals surface area contributed by atoms with Gasteiger partial charge in [0.05, 0.1) is 4.90 Å². The maximum Gasteiger partial charge on any atom is 0.325 e. The number of halogens is 1. The van der Waals surface area contributed by atoms with Gasteiger partial charge in [-0.15, -0.1) is 6.58 Å². The number of esters is 1. The SMILES string of the molecule is C=CCN([C@@H](CBr)C(=O)OCc1ccccc1)S(=O)(=O)c1ccc(C)cc1. The summed E-state index contributed by atoms with van der Waals surface area (Å²) in [5, 5.41) is 0.111. The van der Waals surface area contributed by atoms with Crippen LogP contribution in [0.3, 0.4) is 0 Å². The van der Waals surface area contributed by atoms with E-state index in [4.69, 9.17) is 4.74 Å². The monoisotopic (exact) mass is 451 g/mol. The molecule has 0 aliphatic rings. The van der Waals surface area contributed by atoms with Crippen LogP contribution in [0.25, 0.3) is 0 Å². The lowest BCUT2D eigenvalue weighted by Gasteiger charge is -2.27. The smallest absolute Gasteiger partial charge is 0.325 e. The van der Waals surface area contributed by atoms with Crippen molar-refractivity contribution < 1.29 is 17.9 Å². The van der Waals surface area contributed by atoms with E-state index in [2.05, 4.69) is 22.5 Å². The summed E-state index contributed by atoms with van der Waals surface area (Å²) in [6.45, 7) is 5.57. The summed E-state index contributed by atoms with van der Waals surface area (Å²) < 4.78 is 32.6. The minimum absolute atomic E-state index is 0.00703. The molecule has 2 aromatic carbocycles. The first-order chi connectivity index (χ1) is 12.9. The number of hydrogen-bond acceptors (Lipinski definition) is 4. The van der Waals surface area contributed by atoms with Gasteiger partial charge in [-0.3, -0.25) is 4.79 Å². The summed E-state index contributed by atoms with van der Waals surface area (Å²) >= 11 is 3.25. The maximum atomic E-state index is 13.1. The quantitative estimate of drug-likeness (QED) is 0.331. The Morgan fingerprint density at radius 1 is 1.19 bits per heavy atom. The molecule has 0 amide bonds. The fraction of sp³-hybridized carbons (Fsp3) is 0.250. The van der Waals surface area contributed by atoms with Crippen molar-refractivity contribution in [1.82, 2.24) is 4.31 Å². The lowest BCUT2D eigenvalue weighted by molar-refractivity contribution is -0.148. The molecule has 2 rings (SSSR count). The van der Waals surface area contributed by atoms with Crippen LogP contribution in [-0.4, -0.2) is 36.6 Å². The van der Waals surface area contributed by atoms with Gasteiger partial charge in [0.2, 0.25) is 10.0 Å². The normalized spacial score (nSPS) is 12.6. The van der Waals surface area contributed by atoms with Crippen LogP contribution >= 0.6 is 15.9 Å². The van der Waals surface area contributed by atoms with E-state index >= 15 is 0 Å². The van der Waals surface area contributed by atoms with Crippen LogP contribution in [0.2, 0.25) is 0 Å². The van der Waals surface area contributed by atoms with Crippen LogP contribution in [0.4, 0.5) is 0 Å². The summed E-state index contributed by atoms with van der Waals surface area (Å²) in [5.41, 5.74) is 1.78. The van der Waals surface area contributed by atoms with Crippen molar-refractivity contribution in [3.63, 3.8) is 0 Å². The number of carbonyl (C=O) groups excluding carboxylic acids is 1. The molecule has 0 bridgehead atoms. The van der Waals surface area contributed by atoms with Crippen molar-refractivity contribution in [2.45, 2.75) is 24.5 Å².